The Balaban J connectivity index is 5.30. The maximum absolute atomic E-state index is 13.0. The fraction of sp³-hybridized carbons (Fsp3) is 0.884. The molecule has 0 aromatic rings. The summed E-state index contributed by atoms with van der Waals surface area (Å²) in [6.07, 6.45) is 45.3. The highest BCUT2D eigenvalue weighted by Crippen LogP contribution is 2.45. The Morgan fingerprint density at radius 2 is 0.670 bits per heavy atom. The molecule has 0 radical (unpaired) electrons. The molecule has 3 unspecified atom stereocenters. The van der Waals surface area contributed by atoms with Crippen molar-refractivity contribution < 1.29 is 80.2 Å². The molecule has 518 valence electrons. The first kappa shape index (κ1) is 85.5. The van der Waals surface area contributed by atoms with Crippen molar-refractivity contribution in [3.05, 3.63) is 24.3 Å². The minimum atomic E-state index is -4.96. The largest absolute Gasteiger partial charge is 0.472 e. The first-order chi connectivity index (χ1) is 42.3. The average Bonchev–Trinajstić information content (AvgIpc) is 3.50. The third-order valence-corrected chi connectivity index (χ3v) is 17.5. The average molecular weight is 1290 g/mol. The number of carbonyl (C=O) groups excluding carboxylic acids is 4. The van der Waals surface area contributed by atoms with Crippen molar-refractivity contribution >= 4 is 39.5 Å². The molecule has 0 rings (SSSR count). The van der Waals surface area contributed by atoms with E-state index in [2.05, 4.69) is 72.8 Å². The second kappa shape index (κ2) is 59.5. The Kier molecular flexibility index (Phi) is 57.9. The van der Waals surface area contributed by atoms with Gasteiger partial charge >= 0.3 is 39.5 Å². The molecule has 0 aromatic heterocycles. The molecule has 88 heavy (non-hydrogen) atoms. The van der Waals surface area contributed by atoms with Gasteiger partial charge < -0.3 is 33.8 Å². The first-order valence-electron chi connectivity index (χ1n) is 35.2. The summed E-state index contributed by atoms with van der Waals surface area (Å²) in [7, 11) is -9.91. The number of esters is 4. The first-order valence-corrected chi connectivity index (χ1v) is 38.2. The zero-order chi connectivity index (χ0) is 65.2. The van der Waals surface area contributed by atoms with Crippen LogP contribution in [0, 0.1) is 17.8 Å². The maximum atomic E-state index is 13.0. The maximum Gasteiger partial charge on any atom is 0.472 e. The molecule has 6 atom stereocenters. The summed E-state index contributed by atoms with van der Waals surface area (Å²) in [6.45, 7) is 11.7. The summed E-state index contributed by atoms with van der Waals surface area (Å²) in [5.41, 5.74) is 0. The van der Waals surface area contributed by atoms with Crippen molar-refractivity contribution in [3.8, 4) is 0 Å². The predicted octanol–water partition coefficient (Wildman–Crippen LogP) is 19.0. The summed E-state index contributed by atoms with van der Waals surface area (Å²) in [4.78, 5) is 72.4. The van der Waals surface area contributed by atoms with Crippen molar-refractivity contribution in [1.82, 2.24) is 0 Å². The number of rotatable bonds is 65. The lowest BCUT2D eigenvalue weighted by Gasteiger charge is -2.21. The molecule has 0 fully saturated rings. The van der Waals surface area contributed by atoms with Crippen molar-refractivity contribution in [2.24, 2.45) is 17.8 Å². The third-order valence-electron chi connectivity index (χ3n) is 15.6. The normalized spacial score (nSPS) is 14.7. The zero-order valence-corrected chi connectivity index (χ0v) is 58.5. The Morgan fingerprint density at radius 3 is 1.01 bits per heavy atom. The molecule has 0 aliphatic heterocycles. The van der Waals surface area contributed by atoms with E-state index in [1.54, 1.807) is 0 Å². The third kappa shape index (κ3) is 61.1. The smallest absolute Gasteiger partial charge is 0.462 e. The number of hydrogen-bond acceptors (Lipinski definition) is 15. The van der Waals surface area contributed by atoms with Crippen LogP contribution in [-0.2, 0) is 65.4 Å². The molecule has 0 bridgehead atoms. The van der Waals surface area contributed by atoms with Crippen LogP contribution in [0.15, 0.2) is 24.3 Å². The van der Waals surface area contributed by atoms with E-state index in [4.69, 9.17) is 37.0 Å². The van der Waals surface area contributed by atoms with Gasteiger partial charge in [-0.15, -0.1) is 0 Å². The van der Waals surface area contributed by atoms with Gasteiger partial charge in [-0.25, -0.2) is 9.13 Å². The topological polar surface area (TPSA) is 237 Å². The number of phosphoric ester groups is 2. The Morgan fingerprint density at radius 1 is 0.375 bits per heavy atom. The number of phosphoric acid groups is 2. The van der Waals surface area contributed by atoms with E-state index < -0.39 is 97.5 Å². The summed E-state index contributed by atoms with van der Waals surface area (Å²) < 4.78 is 68.2. The highest BCUT2D eigenvalue weighted by molar-refractivity contribution is 7.47. The van der Waals surface area contributed by atoms with Crippen LogP contribution in [0.5, 0.6) is 0 Å². The number of aliphatic hydroxyl groups is 1. The summed E-state index contributed by atoms with van der Waals surface area (Å²) in [6, 6.07) is 0. The van der Waals surface area contributed by atoms with Crippen LogP contribution >= 0.6 is 15.6 Å². The molecular weight excluding hydrogens is 1160 g/mol. The van der Waals surface area contributed by atoms with Gasteiger partial charge in [-0.3, -0.25) is 37.3 Å². The number of hydrogen-bond donors (Lipinski definition) is 3. The van der Waals surface area contributed by atoms with E-state index >= 15 is 0 Å². The summed E-state index contributed by atoms with van der Waals surface area (Å²) >= 11 is 0. The molecule has 0 aromatic carbocycles. The quantitative estimate of drug-likeness (QED) is 0.0169. The van der Waals surface area contributed by atoms with E-state index in [9.17, 15) is 43.2 Å². The van der Waals surface area contributed by atoms with Gasteiger partial charge in [0.1, 0.15) is 19.3 Å². The van der Waals surface area contributed by atoms with Crippen molar-refractivity contribution in [3.63, 3.8) is 0 Å². The molecule has 0 aliphatic carbocycles. The van der Waals surface area contributed by atoms with E-state index in [1.165, 1.54) is 109 Å². The summed E-state index contributed by atoms with van der Waals surface area (Å²) in [5.74, 6) is 0.0250. The van der Waals surface area contributed by atoms with E-state index in [-0.39, 0.29) is 25.7 Å². The molecule has 3 N–H and O–H groups in total. The summed E-state index contributed by atoms with van der Waals surface area (Å²) in [5, 5.41) is 10.6. The fourth-order valence-electron chi connectivity index (χ4n) is 9.79. The Bertz CT molecular complexity index is 1830. The van der Waals surface area contributed by atoms with Gasteiger partial charge in [0.05, 0.1) is 26.4 Å². The number of carbonyl (C=O) groups is 4. The van der Waals surface area contributed by atoms with Crippen LogP contribution in [-0.4, -0.2) is 96.7 Å². The molecule has 0 saturated heterocycles. The van der Waals surface area contributed by atoms with Gasteiger partial charge in [-0.05, 0) is 69.1 Å². The molecule has 0 amide bonds. The van der Waals surface area contributed by atoms with Gasteiger partial charge in [0.25, 0.3) is 0 Å². The molecule has 0 heterocycles. The van der Waals surface area contributed by atoms with Gasteiger partial charge in [0, 0.05) is 25.7 Å². The Labute approximate surface area is 535 Å². The van der Waals surface area contributed by atoms with Crippen molar-refractivity contribution in [1.29, 1.82) is 0 Å². The minimum Gasteiger partial charge on any atom is -0.462 e. The lowest BCUT2D eigenvalue weighted by molar-refractivity contribution is -0.161. The molecule has 0 saturated carbocycles. The second-order valence-corrected chi connectivity index (χ2v) is 28.3. The van der Waals surface area contributed by atoms with Crippen LogP contribution in [0.3, 0.4) is 0 Å². The van der Waals surface area contributed by atoms with E-state index in [0.717, 1.165) is 121 Å². The highest BCUT2D eigenvalue weighted by atomic mass is 31.2. The minimum absolute atomic E-state index is 0.0840. The Hall–Kier alpha value is -2.46. The fourth-order valence-corrected chi connectivity index (χ4v) is 11.4. The monoisotopic (exact) mass is 1290 g/mol. The lowest BCUT2D eigenvalue weighted by atomic mass is 10.00. The van der Waals surface area contributed by atoms with Crippen LogP contribution in [0.25, 0.3) is 0 Å². The zero-order valence-electron chi connectivity index (χ0n) is 56.7. The van der Waals surface area contributed by atoms with E-state index in [0.29, 0.717) is 31.6 Å². The number of unbranched alkanes of at least 4 members (excludes halogenated alkanes) is 29. The van der Waals surface area contributed by atoms with Gasteiger partial charge in [0.2, 0.25) is 0 Å². The van der Waals surface area contributed by atoms with Gasteiger partial charge in [-0.1, -0.05) is 265 Å². The number of aliphatic hydroxyl groups excluding tert-OH is 1. The van der Waals surface area contributed by atoms with Gasteiger partial charge in [-0.2, -0.15) is 0 Å². The second-order valence-electron chi connectivity index (χ2n) is 25.4. The van der Waals surface area contributed by atoms with Crippen molar-refractivity contribution in [2.45, 2.75) is 336 Å². The predicted molar refractivity (Wildman–Crippen MR) is 354 cm³/mol. The lowest BCUT2D eigenvalue weighted by Crippen LogP contribution is -2.30. The number of allylic oxidation sites excluding steroid dienone is 4. The van der Waals surface area contributed by atoms with Gasteiger partial charge in [0.15, 0.2) is 12.2 Å². The highest BCUT2D eigenvalue weighted by Gasteiger charge is 2.30. The van der Waals surface area contributed by atoms with Crippen LogP contribution < -0.4 is 0 Å². The van der Waals surface area contributed by atoms with Crippen LogP contribution in [0.4, 0.5) is 0 Å². The standard InChI is InChI=1S/C69H130O17P2/c1-8-10-11-12-13-14-15-16-17-18-19-22-29-38-45-52-68(73)85-64(56-79-66(71)50-43-36-28-23-20-21-26-33-40-47-60(3)4)58-83-87(75,76)81-54-63(70)55-82-88(77,78)84-59-65(57-80-67(72)51-44-37-32-31-35-42-49-62(7)9-2)86-69(74)53-46-39-30-25-24-27-34-41-48-61(5)6/h14-17,60-65,70H,8-13,18-59H2,1-7H3,(H,75,76)(H,77,78)/b15-14-,17-16-/t62?,63-,64-,65-/m1/s1. The molecule has 0 spiro atoms. The SMILES string of the molecule is CCCCCC/C=C\C=C/CCCCCCCC(=O)O[C@H](COC(=O)CCCCCCCCCCCC(C)C)COP(=O)(O)OC[C@@H](O)COP(=O)(O)OC[C@@H](COC(=O)CCCCCCCCC(C)CC)OC(=O)CCCCCCCCCCC(C)C. The molecule has 19 heteroatoms. The molecule has 0 aliphatic rings. The van der Waals surface area contributed by atoms with Crippen molar-refractivity contribution in [2.75, 3.05) is 39.6 Å². The van der Waals surface area contributed by atoms with Crippen LogP contribution in [0.1, 0.15) is 318 Å². The van der Waals surface area contributed by atoms with E-state index in [1.807, 2.05) is 0 Å². The molecule has 17 nitrogen and oxygen atoms in total. The molecular formula is C69H130O17P2. The van der Waals surface area contributed by atoms with Crippen LogP contribution in [0.2, 0.25) is 0 Å². The number of ether oxygens (including phenoxy) is 4.